The van der Waals surface area contributed by atoms with Gasteiger partial charge in [-0.3, -0.25) is 0 Å². The van der Waals surface area contributed by atoms with Crippen molar-refractivity contribution in [1.29, 1.82) is 0 Å². The van der Waals surface area contributed by atoms with Gasteiger partial charge < -0.3 is 10.4 Å². The van der Waals surface area contributed by atoms with Gasteiger partial charge in [-0.15, -0.1) is 0 Å². The molecule has 0 spiro atoms. The highest BCUT2D eigenvalue weighted by Crippen LogP contribution is 2.25. The van der Waals surface area contributed by atoms with Gasteiger partial charge in [0.05, 0.1) is 5.02 Å². The Balaban J connectivity index is 2.51. The van der Waals surface area contributed by atoms with Crippen LogP contribution in [0.25, 0.3) is 0 Å². The number of carbonyl (C=O) groups is 1. The Hall–Kier alpha value is -1.000. The molecule has 0 aliphatic rings. The first kappa shape index (κ1) is 12.1. The Morgan fingerprint density at radius 3 is 2.93 bits per heavy atom. The van der Waals surface area contributed by atoms with Crippen LogP contribution in [0, 0.1) is 0 Å². The van der Waals surface area contributed by atoms with Gasteiger partial charge in [0.2, 0.25) is 0 Å². The van der Waals surface area contributed by atoms with E-state index >= 15 is 0 Å². The van der Waals surface area contributed by atoms with E-state index in [4.69, 9.17) is 16.7 Å². The molecular weight excluding hydrogens is 281 g/mol. The second-order valence-electron chi connectivity index (χ2n) is 2.75. The minimum Gasteiger partial charge on any atom is -0.478 e. The van der Waals surface area contributed by atoms with Crippen LogP contribution in [0.5, 0.6) is 0 Å². The summed E-state index contributed by atoms with van der Waals surface area (Å²) in [6.07, 6.45) is 2.63. The topological polar surface area (TPSA) is 49.3 Å². The zero-order valence-corrected chi connectivity index (χ0v) is 10.0. The normalized spacial score (nSPS) is 10.5. The van der Waals surface area contributed by atoms with E-state index in [-0.39, 0.29) is 0 Å². The van der Waals surface area contributed by atoms with Crippen LogP contribution >= 0.6 is 27.5 Å². The van der Waals surface area contributed by atoms with Crippen molar-refractivity contribution in [2.45, 2.75) is 0 Å². The predicted molar refractivity (Wildman–Crippen MR) is 64.4 cm³/mol. The van der Waals surface area contributed by atoms with Gasteiger partial charge in [0.15, 0.2) is 0 Å². The molecule has 15 heavy (non-hydrogen) atoms. The maximum Gasteiger partial charge on any atom is 0.328 e. The Bertz CT molecular complexity index is 393. The first-order chi connectivity index (χ1) is 7.09. The number of carboxylic acid groups (broad SMARTS) is 1. The van der Waals surface area contributed by atoms with Crippen LogP contribution in [-0.2, 0) is 4.79 Å². The Morgan fingerprint density at radius 1 is 1.60 bits per heavy atom. The Kier molecular flexibility index (Phi) is 4.65. The van der Waals surface area contributed by atoms with Crippen molar-refractivity contribution in [3.05, 3.63) is 39.8 Å². The summed E-state index contributed by atoms with van der Waals surface area (Å²) in [6, 6.07) is 5.41. The molecule has 0 saturated heterocycles. The van der Waals surface area contributed by atoms with Crippen LogP contribution in [0.1, 0.15) is 0 Å². The molecule has 0 aliphatic carbocycles. The lowest BCUT2D eigenvalue weighted by Crippen LogP contribution is -1.99. The van der Waals surface area contributed by atoms with E-state index in [1.165, 1.54) is 6.08 Å². The zero-order chi connectivity index (χ0) is 11.3. The monoisotopic (exact) mass is 289 g/mol. The molecule has 5 heteroatoms. The van der Waals surface area contributed by atoms with E-state index in [1.54, 1.807) is 6.07 Å². The summed E-state index contributed by atoms with van der Waals surface area (Å²) in [5.41, 5.74) is 0.876. The molecule has 2 N–H and O–H groups in total. The van der Waals surface area contributed by atoms with Crippen LogP contribution in [-0.4, -0.2) is 17.6 Å². The molecule has 0 fully saturated rings. The van der Waals surface area contributed by atoms with E-state index in [0.717, 1.165) is 16.2 Å². The molecule has 0 radical (unpaired) electrons. The minimum absolute atomic E-state index is 0.459. The molecule has 1 rings (SSSR count). The van der Waals surface area contributed by atoms with Gasteiger partial charge in [0.25, 0.3) is 0 Å². The lowest BCUT2D eigenvalue weighted by Gasteiger charge is -2.04. The molecule has 1 aromatic rings. The fourth-order valence-electron chi connectivity index (χ4n) is 0.943. The van der Waals surface area contributed by atoms with Crippen molar-refractivity contribution in [2.24, 2.45) is 0 Å². The molecule has 3 nitrogen and oxygen atoms in total. The number of rotatable bonds is 4. The molecule has 1 aromatic carbocycles. The van der Waals surface area contributed by atoms with Crippen LogP contribution in [0.4, 0.5) is 5.69 Å². The highest BCUT2D eigenvalue weighted by molar-refractivity contribution is 9.10. The molecule has 80 valence electrons. The van der Waals surface area contributed by atoms with Crippen molar-refractivity contribution in [2.75, 3.05) is 11.9 Å². The van der Waals surface area contributed by atoms with Gasteiger partial charge in [0.1, 0.15) is 0 Å². The van der Waals surface area contributed by atoms with Gasteiger partial charge >= 0.3 is 5.97 Å². The molecule has 0 bridgehead atoms. The van der Waals surface area contributed by atoms with Crippen molar-refractivity contribution in [1.82, 2.24) is 0 Å². The third-order valence-electron chi connectivity index (χ3n) is 1.60. The number of benzene rings is 1. The molecule has 0 heterocycles. The average Bonchev–Trinajstić information content (AvgIpc) is 2.18. The fourth-order valence-corrected chi connectivity index (χ4v) is 1.44. The molecule has 0 aromatic heterocycles. The first-order valence-corrected chi connectivity index (χ1v) is 5.35. The number of halogens is 2. The summed E-state index contributed by atoms with van der Waals surface area (Å²) in [5.74, 6) is -0.950. The largest absolute Gasteiger partial charge is 0.478 e. The Labute approximate surface area is 101 Å². The molecular formula is C10H9BrClNO2. The number of hydrogen-bond donors (Lipinski definition) is 2. The van der Waals surface area contributed by atoms with E-state index in [0.29, 0.717) is 11.6 Å². The summed E-state index contributed by atoms with van der Waals surface area (Å²) in [7, 11) is 0. The molecule has 0 atom stereocenters. The summed E-state index contributed by atoms with van der Waals surface area (Å²) in [6.45, 7) is 0.459. The van der Waals surface area contributed by atoms with E-state index in [1.807, 2.05) is 12.1 Å². The first-order valence-electron chi connectivity index (χ1n) is 4.18. The van der Waals surface area contributed by atoms with E-state index in [9.17, 15) is 4.79 Å². The van der Waals surface area contributed by atoms with Gasteiger partial charge in [-0.25, -0.2) is 4.79 Å². The summed E-state index contributed by atoms with van der Waals surface area (Å²) in [5, 5.41) is 12.0. The maximum absolute atomic E-state index is 10.2. The number of hydrogen-bond acceptors (Lipinski definition) is 2. The van der Waals surface area contributed by atoms with Crippen LogP contribution in [0.3, 0.4) is 0 Å². The zero-order valence-electron chi connectivity index (χ0n) is 7.71. The summed E-state index contributed by atoms with van der Waals surface area (Å²) >= 11 is 9.11. The van der Waals surface area contributed by atoms with Crippen molar-refractivity contribution < 1.29 is 9.90 Å². The van der Waals surface area contributed by atoms with Gasteiger partial charge in [-0.2, -0.15) is 0 Å². The number of aliphatic carboxylic acids is 1. The molecule has 0 unspecified atom stereocenters. The standard InChI is InChI=1S/C10H9BrClNO2/c11-8-6-7(3-4-9(8)12)13-5-1-2-10(14)15/h1-4,6,13H,5H2,(H,14,15)/b2-1+. The van der Waals surface area contributed by atoms with Crippen LogP contribution in [0.2, 0.25) is 5.02 Å². The fraction of sp³-hybridized carbons (Fsp3) is 0.100. The third-order valence-corrected chi connectivity index (χ3v) is 2.82. The smallest absolute Gasteiger partial charge is 0.328 e. The molecule has 0 amide bonds. The van der Waals surface area contributed by atoms with Gasteiger partial charge in [-0.05, 0) is 34.1 Å². The second-order valence-corrected chi connectivity index (χ2v) is 4.01. The van der Waals surface area contributed by atoms with Gasteiger partial charge in [0, 0.05) is 22.8 Å². The second kappa shape index (κ2) is 5.78. The summed E-state index contributed by atoms with van der Waals surface area (Å²) in [4.78, 5) is 10.2. The highest BCUT2D eigenvalue weighted by atomic mass is 79.9. The highest BCUT2D eigenvalue weighted by Gasteiger charge is 1.97. The quantitative estimate of drug-likeness (QED) is 0.838. The SMILES string of the molecule is O=C(O)/C=C/CNc1ccc(Cl)c(Br)c1. The van der Waals surface area contributed by atoms with Crippen LogP contribution < -0.4 is 5.32 Å². The van der Waals surface area contributed by atoms with Crippen molar-refractivity contribution >= 4 is 39.2 Å². The van der Waals surface area contributed by atoms with E-state index < -0.39 is 5.97 Å². The Morgan fingerprint density at radius 2 is 2.33 bits per heavy atom. The lowest BCUT2D eigenvalue weighted by molar-refractivity contribution is -0.131. The van der Waals surface area contributed by atoms with Gasteiger partial charge in [-0.1, -0.05) is 17.7 Å². The minimum atomic E-state index is -0.950. The number of carboxylic acids is 1. The molecule has 0 aliphatic heterocycles. The number of nitrogens with one attached hydrogen (secondary N) is 1. The predicted octanol–water partition coefficient (Wildman–Crippen LogP) is 3.16. The van der Waals surface area contributed by atoms with E-state index in [2.05, 4.69) is 21.2 Å². The lowest BCUT2D eigenvalue weighted by atomic mass is 10.3. The third kappa shape index (κ3) is 4.36. The van der Waals surface area contributed by atoms with Crippen LogP contribution in [0.15, 0.2) is 34.8 Å². The molecule has 0 saturated carbocycles. The average molecular weight is 291 g/mol. The number of anilines is 1. The van der Waals surface area contributed by atoms with Crippen molar-refractivity contribution in [3.63, 3.8) is 0 Å². The maximum atomic E-state index is 10.2. The summed E-state index contributed by atoms with van der Waals surface area (Å²) < 4.78 is 0.802. The van der Waals surface area contributed by atoms with Crippen molar-refractivity contribution in [3.8, 4) is 0 Å².